The molecule has 0 radical (unpaired) electrons. The van der Waals surface area contributed by atoms with Crippen molar-refractivity contribution in [3.63, 3.8) is 0 Å². The van der Waals surface area contributed by atoms with E-state index in [9.17, 15) is 4.79 Å². The zero-order valence-corrected chi connectivity index (χ0v) is 16.3. The van der Waals surface area contributed by atoms with E-state index < -0.39 is 0 Å². The van der Waals surface area contributed by atoms with Crippen molar-refractivity contribution in [2.75, 3.05) is 26.2 Å². The summed E-state index contributed by atoms with van der Waals surface area (Å²) in [5.41, 5.74) is 0.943. The van der Waals surface area contributed by atoms with Gasteiger partial charge in [0.25, 0.3) is 5.91 Å². The molecular weight excluding hydrogens is 368 g/mol. The molecule has 7 nitrogen and oxygen atoms in total. The average molecular weight is 389 g/mol. The lowest BCUT2D eigenvalue weighted by atomic mass is 10.2. The molecule has 3 aromatic rings. The van der Waals surface area contributed by atoms with Crippen LogP contribution in [0.15, 0.2) is 30.2 Å². The van der Waals surface area contributed by atoms with Crippen molar-refractivity contribution in [1.82, 2.24) is 29.5 Å². The fourth-order valence-electron chi connectivity index (χ4n) is 3.10. The standard InChI is InChI=1S/C17H20N6OS2/c1-12(15-18-3-8-25-15)22-4-6-23(7-5-22)17(24)14-10-19-16(26-14)13-9-20-21(2)11-13/h3,8-12H,4-7H2,1-2H3. The third-order valence-corrected chi connectivity index (χ3v) is 6.61. The van der Waals surface area contributed by atoms with Gasteiger partial charge in [0.2, 0.25) is 0 Å². The second-order valence-corrected chi connectivity index (χ2v) is 8.26. The van der Waals surface area contributed by atoms with Crippen molar-refractivity contribution in [2.24, 2.45) is 7.05 Å². The first kappa shape index (κ1) is 17.3. The van der Waals surface area contributed by atoms with Gasteiger partial charge >= 0.3 is 0 Å². The van der Waals surface area contributed by atoms with Gasteiger partial charge in [0, 0.05) is 56.6 Å². The van der Waals surface area contributed by atoms with Gasteiger partial charge in [-0.2, -0.15) is 5.10 Å². The van der Waals surface area contributed by atoms with Crippen molar-refractivity contribution in [1.29, 1.82) is 0 Å². The first-order chi connectivity index (χ1) is 12.6. The minimum Gasteiger partial charge on any atom is -0.335 e. The number of thiazole rings is 2. The molecule has 1 aliphatic rings. The fraction of sp³-hybridized carbons (Fsp3) is 0.412. The van der Waals surface area contributed by atoms with Gasteiger partial charge in [-0.1, -0.05) is 0 Å². The van der Waals surface area contributed by atoms with Gasteiger partial charge < -0.3 is 4.90 Å². The number of piperazine rings is 1. The molecule has 1 aliphatic heterocycles. The van der Waals surface area contributed by atoms with Crippen LogP contribution in [0.25, 0.3) is 10.6 Å². The van der Waals surface area contributed by atoms with Crippen LogP contribution in [0, 0.1) is 0 Å². The lowest BCUT2D eigenvalue weighted by Gasteiger charge is -2.37. The molecule has 0 aliphatic carbocycles. The Balaban J connectivity index is 1.39. The molecule has 1 unspecified atom stereocenters. The molecule has 0 spiro atoms. The van der Waals surface area contributed by atoms with Crippen LogP contribution in [-0.2, 0) is 7.05 Å². The summed E-state index contributed by atoms with van der Waals surface area (Å²) in [6.45, 7) is 5.37. The topological polar surface area (TPSA) is 67.2 Å². The molecule has 1 amide bonds. The van der Waals surface area contributed by atoms with E-state index in [0.29, 0.717) is 10.9 Å². The van der Waals surface area contributed by atoms with Gasteiger partial charge in [-0.05, 0) is 6.92 Å². The minimum atomic E-state index is 0.0687. The summed E-state index contributed by atoms with van der Waals surface area (Å²) in [5.74, 6) is 0.0687. The van der Waals surface area contributed by atoms with Gasteiger partial charge in [0.15, 0.2) is 0 Å². The molecule has 4 heterocycles. The zero-order chi connectivity index (χ0) is 18.1. The molecule has 0 N–H and O–H groups in total. The van der Waals surface area contributed by atoms with Crippen LogP contribution in [0.5, 0.6) is 0 Å². The van der Waals surface area contributed by atoms with Crippen LogP contribution in [0.2, 0.25) is 0 Å². The molecule has 1 saturated heterocycles. The van der Waals surface area contributed by atoms with Crippen LogP contribution in [-0.4, -0.2) is 61.6 Å². The summed E-state index contributed by atoms with van der Waals surface area (Å²) in [4.78, 5) is 26.6. The van der Waals surface area contributed by atoms with E-state index in [-0.39, 0.29) is 5.91 Å². The summed E-state index contributed by atoms with van der Waals surface area (Å²) in [5, 5.41) is 8.13. The highest BCUT2D eigenvalue weighted by Crippen LogP contribution is 2.27. The fourth-order valence-corrected chi connectivity index (χ4v) is 4.69. The van der Waals surface area contributed by atoms with E-state index in [0.717, 1.165) is 41.8 Å². The van der Waals surface area contributed by atoms with Crippen LogP contribution in [0.4, 0.5) is 0 Å². The minimum absolute atomic E-state index is 0.0687. The van der Waals surface area contributed by atoms with Gasteiger partial charge in [-0.3, -0.25) is 14.4 Å². The number of aryl methyl sites for hydroxylation is 1. The Morgan fingerprint density at radius 1 is 1.19 bits per heavy atom. The van der Waals surface area contributed by atoms with E-state index >= 15 is 0 Å². The second-order valence-electron chi connectivity index (χ2n) is 6.31. The average Bonchev–Trinajstić information content (AvgIpc) is 3.41. The van der Waals surface area contributed by atoms with Crippen molar-refractivity contribution in [2.45, 2.75) is 13.0 Å². The molecule has 26 heavy (non-hydrogen) atoms. The van der Waals surface area contributed by atoms with E-state index in [1.165, 1.54) is 11.3 Å². The Labute approximate surface area is 159 Å². The molecule has 3 aromatic heterocycles. The van der Waals surface area contributed by atoms with Gasteiger partial charge in [-0.25, -0.2) is 9.97 Å². The van der Waals surface area contributed by atoms with Crippen LogP contribution in [0.3, 0.4) is 0 Å². The maximum absolute atomic E-state index is 12.8. The summed E-state index contributed by atoms with van der Waals surface area (Å²) in [6.07, 6.45) is 7.21. The number of hydrogen-bond donors (Lipinski definition) is 0. The monoisotopic (exact) mass is 388 g/mol. The third-order valence-electron chi connectivity index (χ3n) is 4.63. The molecule has 0 bridgehead atoms. The number of aromatic nitrogens is 4. The smallest absolute Gasteiger partial charge is 0.265 e. The van der Waals surface area contributed by atoms with Crippen LogP contribution < -0.4 is 0 Å². The van der Waals surface area contributed by atoms with Gasteiger partial charge in [0.1, 0.15) is 14.9 Å². The lowest BCUT2D eigenvalue weighted by Crippen LogP contribution is -2.49. The largest absolute Gasteiger partial charge is 0.335 e. The first-order valence-corrected chi connectivity index (χ1v) is 10.2. The summed E-state index contributed by atoms with van der Waals surface area (Å²) in [7, 11) is 1.87. The predicted molar refractivity (Wildman–Crippen MR) is 102 cm³/mol. The highest BCUT2D eigenvalue weighted by atomic mass is 32.1. The van der Waals surface area contributed by atoms with Crippen LogP contribution in [0.1, 0.15) is 27.6 Å². The maximum Gasteiger partial charge on any atom is 0.265 e. The summed E-state index contributed by atoms with van der Waals surface area (Å²) in [6, 6.07) is 0.299. The summed E-state index contributed by atoms with van der Waals surface area (Å²) >= 11 is 3.11. The van der Waals surface area contributed by atoms with E-state index in [1.54, 1.807) is 28.4 Å². The normalized spacial score (nSPS) is 16.8. The van der Waals surface area contributed by atoms with Crippen molar-refractivity contribution >= 4 is 28.6 Å². The van der Waals surface area contributed by atoms with Gasteiger partial charge in [-0.15, -0.1) is 22.7 Å². The molecule has 136 valence electrons. The highest BCUT2D eigenvalue weighted by molar-refractivity contribution is 7.16. The van der Waals surface area contributed by atoms with Crippen molar-refractivity contribution < 1.29 is 4.79 Å². The quantitative estimate of drug-likeness (QED) is 0.687. The summed E-state index contributed by atoms with van der Waals surface area (Å²) < 4.78 is 1.74. The maximum atomic E-state index is 12.8. The zero-order valence-electron chi connectivity index (χ0n) is 14.7. The Hall–Kier alpha value is -2.10. The van der Waals surface area contributed by atoms with Crippen molar-refractivity contribution in [3.8, 4) is 10.6 Å². The molecule has 0 saturated carbocycles. The predicted octanol–water partition coefficient (Wildman–Crippen LogP) is 2.52. The number of carbonyl (C=O) groups is 1. The molecular formula is C17H20N6OS2. The first-order valence-electron chi connectivity index (χ1n) is 8.49. The Bertz CT molecular complexity index is 879. The Kier molecular flexibility index (Phi) is 4.84. The number of carbonyl (C=O) groups excluding carboxylic acids is 1. The van der Waals surface area contributed by atoms with E-state index in [1.807, 2.05) is 29.7 Å². The molecule has 0 aromatic carbocycles. The highest BCUT2D eigenvalue weighted by Gasteiger charge is 2.27. The van der Waals surface area contributed by atoms with Crippen molar-refractivity contribution in [3.05, 3.63) is 40.1 Å². The second kappa shape index (κ2) is 7.26. The molecule has 1 fully saturated rings. The van der Waals surface area contributed by atoms with E-state index in [4.69, 9.17) is 0 Å². The number of nitrogens with zero attached hydrogens (tertiary/aromatic N) is 6. The third kappa shape index (κ3) is 3.42. The van der Waals surface area contributed by atoms with Crippen LogP contribution >= 0.6 is 22.7 Å². The number of amides is 1. The number of hydrogen-bond acceptors (Lipinski definition) is 7. The molecule has 9 heteroatoms. The Morgan fingerprint density at radius 3 is 2.65 bits per heavy atom. The molecule has 1 atom stereocenters. The molecule has 4 rings (SSSR count). The van der Waals surface area contributed by atoms with E-state index in [2.05, 4.69) is 26.9 Å². The lowest BCUT2D eigenvalue weighted by molar-refractivity contribution is 0.0586. The number of rotatable bonds is 4. The SMILES string of the molecule is CC(c1nccs1)N1CCN(C(=O)c2cnc(-c3cnn(C)c3)s2)CC1. The Morgan fingerprint density at radius 2 is 2.00 bits per heavy atom. The van der Waals surface area contributed by atoms with Gasteiger partial charge in [0.05, 0.1) is 18.4 Å².